The van der Waals surface area contributed by atoms with Crippen LogP contribution in [0, 0.1) is 0 Å². The Labute approximate surface area is 258 Å². The number of methoxy groups -OCH3 is 3. The molecule has 0 saturated carbocycles. The van der Waals surface area contributed by atoms with Crippen molar-refractivity contribution in [2.24, 2.45) is 0 Å². The van der Waals surface area contributed by atoms with Gasteiger partial charge in [0.2, 0.25) is 0 Å². The third kappa shape index (κ3) is 7.70. The lowest BCUT2D eigenvalue weighted by atomic mass is 10.0. The quantitative estimate of drug-likeness (QED) is 0.251. The average molecular weight is 615 g/mol. The molecule has 0 aromatic heterocycles. The summed E-state index contributed by atoms with van der Waals surface area (Å²) in [4.78, 5) is 31.4. The molecule has 8 nitrogen and oxygen atoms in total. The predicted molar refractivity (Wildman–Crippen MR) is 169 cm³/mol. The molecule has 3 aromatic carbocycles. The van der Waals surface area contributed by atoms with E-state index in [2.05, 4.69) is 4.90 Å². The number of thioether (sulfide) groups is 1. The van der Waals surface area contributed by atoms with E-state index in [1.165, 1.54) is 18.7 Å². The van der Waals surface area contributed by atoms with E-state index in [0.717, 1.165) is 40.4 Å². The second-order valence-electron chi connectivity index (χ2n) is 10.1. The van der Waals surface area contributed by atoms with Crippen molar-refractivity contribution in [1.29, 1.82) is 0 Å². The van der Waals surface area contributed by atoms with E-state index in [9.17, 15) is 9.59 Å². The van der Waals surface area contributed by atoms with E-state index < -0.39 is 17.3 Å². The van der Waals surface area contributed by atoms with Crippen LogP contribution in [-0.2, 0) is 20.7 Å². The van der Waals surface area contributed by atoms with Gasteiger partial charge in [-0.3, -0.25) is 9.59 Å². The predicted octanol–water partition coefficient (Wildman–Crippen LogP) is 5.81. The van der Waals surface area contributed by atoms with E-state index in [4.69, 9.17) is 18.9 Å². The molecule has 0 radical (unpaired) electrons. The second-order valence-corrected chi connectivity index (χ2v) is 11.3. The molecule has 42 heavy (non-hydrogen) atoms. The SMILES string of the molecule is COc1ccc([C@H]2Sc3ccccc3N([C@@H](C)CN(C)CCc3ccc(OC)c(OC)c3)C(=O)[C@H]2OC(C)=O)cc1.Cl. The first-order valence-electron chi connectivity index (χ1n) is 13.5. The highest BCUT2D eigenvalue weighted by molar-refractivity contribution is 7.99. The normalized spacial score (nSPS) is 17.0. The largest absolute Gasteiger partial charge is 0.497 e. The minimum Gasteiger partial charge on any atom is -0.497 e. The number of hydrogen-bond donors (Lipinski definition) is 0. The van der Waals surface area contributed by atoms with Crippen LogP contribution < -0.4 is 19.1 Å². The van der Waals surface area contributed by atoms with E-state index in [1.807, 2.05) is 80.7 Å². The fourth-order valence-electron chi connectivity index (χ4n) is 5.10. The van der Waals surface area contributed by atoms with Crippen molar-refractivity contribution in [3.05, 3.63) is 77.9 Å². The maximum atomic E-state index is 14.3. The Kier molecular flexibility index (Phi) is 12.0. The molecule has 10 heteroatoms. The fourth-order valence-corrected chi connectivity index (χ4v) is 6.41. The topological polar surface area (TPSA) is 77.5 Å². The zero-order valence-electron chi connectivity index (χ0n) is 24.9. The first kappa shape index (κ1) is 33.1. The number of halogens is 1. The van der Waals surface area contributed by atoms with Crippen LogP contribution in [0.15, 0.2) is 71.6 Å². The van der Waals surface area contributed by atoms with Crippen molar-refractivity contribution in [3.63, 3.8) is 0 Å². The molecule has 0 N–H and O–H groups in total. The Hall–Kier alpha value is -3.40. The van der Waals surface area contributed by atoms with Gasteiger partial charge in [0.15, 0.2) is 17.6 Å². The highest BCUT2D eigenvalue weighted by Gasteiger charge is 2.42. The summed E-state index contributed by atoms with van der Waals surface area (Å²) in [5.74, 6) is 1.39. The Morgan fingerprint density at radius 3 is 2.31 bits per heavy atom. The lowest BCUT2D eigenvalue weighted by Gasteiger charge is -2.34. The summed E-state index contributed by atoms with van der Waals surface area (Å²) < 4.78 is 21.9. The fraction of sp³-hybridized carbons (Fsp3) is 0.375. The number of anilines is 1. The first-order chi connectivity index (χ1) is 19.7. The Morgan fingerprint density at radius 1 is 0.976 bits per heavy atom. The van der Waals surface area contributed by atoms with Crippen LogP contribution in [0.3, 0.4) is 0 Å². The van der Waals surface area contributed by atoms with Crippen LogP contribution in [-0.4, -0.2) is 70.4 Å². The molecule has 226 valence electrons. The van der Waals surface area contributed by atoms with Gasteiger partial charge in [0.25, 0.3) is 5.91 Å². The van der Waals surface area contributed by atoms with Crippen molar-refractivity contribution >= 4 is 41.7 Å². The molecule has 4 rings (SSSR count). The molecule has 1 aliphatic heterocycles. The zero-order valence-corrected chi connectivity index (χ0v) is 26.5. The van der Waals surface area contributed by atoms with Crippen LogP contribution in [0.1, 0.15) is 30.2 Å². The van der Waals surface area contributed by atoms with Gasteiger partial charge in [-0.05, 0) is 67.9 Å². The van der Waals surface area contributed by atoms with Gasteiger partial charge in [-0.15, -0.1) is 24.2 Å². The minimum atomic E-state index is -0.988. The number of ether oxygens (including phenoxy) is 4. The third-order valence-electron chi connectivity index (χ3n) is 7.12. The minimum absolute atomic E-state index is 0. The maximum absolute atomic E-state index is 14.3. The molecule has 0 bridgehead atoms. The van der Waals surface area contributed by atoms with Crippen LogP contribution >= 0.6 is 24.2 Å². The molecule has 1 heterocycles. The summed E-state index contributed by atoms with van der Waals surface area (Å²) in [6.07, 6.45) is -0.183. The van der Waals surface area contributed by atoms with Crippen LogP contribution in [0.5, 0.6) is 17.2 Å². The molecule has 3 atom stereocenters. The summed E-state index contributed by atoms with van der Waals surface area (Å²) in [5, 5.41) is -0.418. The first-order valence-corrected chi connectivity index (χ1v) is 14.4. The van der Waals surface area contributed by atoms with E-state index in [-0.39, 0.29) is 24.4 Å². The molecule has 0 fully saturated rings. The lowest BCUT2D eigenvalue weighted by Crippen LogP contribution is -2.50. The molecular weight excluding hydrogens is 576 g/mol. The average Bonchev–Trinajstić information content (AvgIpc) is 3.09. The third-order valence-corrected chi connectivity index (χ3v) is 8.49. The molecule has 1 amide bonds. The van der Waals surface area contributed by atoms with E-state index in [0.29, 0.717) is 18.0 Å². The van der Waals surface area contributed by atoms with Gasteiger partial charge in [0.1, 0.15) is 5.75 Å². The maximum Gasteiger partial charge on any atom is 0.303 e. The lowest BCUT2D eigenvalue weighted by molar-refractivity contribution is -0.153. The van der Waals surface area contributed by atoms with Crippen molar-refractivity contribution < 1.29 is 28.5 Å². The number of carbonyl (C=O) groups excluding carboxylic acids is 2. The Balaban J connectivity index is 0.00000484. The highest BCUT2D eigenvalue weighted by Crippen LogP contribution is 2.47. The number of carbonyl (C=O) groups is 2. The number of para-hydroxylation sites is 1. The van der Waals surface area contributed by atoms with Crippen molar-refractivity contribution in [2.75, 3.05) is 46.4 Å². The van der Waals surface area contributed by atoms with Gasteiger partial charge < -0.3 is 28.7 Å². The number of hydrogen-bond acceptors (Lipinski definition) is 8. The summed E-state index contributed by atoms with van der Waals surface area (Å²) in [6, 6.07) is 21.2. The number of nitrogens with zero attached hydrogens (tertiary/aromatic N) is 2. The second kappa shape index (κ2) is 15.2. The summed E-state index contributed by atoms with van der Waals surface area (Å²) >= 11 is 1.54. The number of fused-ring (bicyclic) bond motifs is 1. The van der Waals surface area contributed by atoms with E-state index >= 15 is 0 Å². The molecular formula is C32H39ClN2O6S. The summed E-state index contributed by atoms with van der Waals surface area (Å²) in [7, 11) is 6.91. The number of likely N-dealkylation sites (N-methyl/N-ethyl adjacent to an activating group) is 1. The van der Waals surface area contributed by atoms with E-state index in [1.54, 1.807) is 26.2 Å². The number of amides is 1. The van der Waals surface area contributed by atoms with Gasteiger partial charge in [-0.25, -0.2) is 0 Å². The monoisotopic (exact) mass is 614 g/mol. The van der Waals surface area contributed by atoms with Crippen LogP contribution in [0.4, 0.5) is 5.69 Å². The van der Waals surface area contributed by atoms with Gasteiger partial charge >= 0.3 is 5.97 Å². The summed E-state index contributed by atoms with van der Waals surface area (Å²) in [5.41, 5.74) is 2.83. The molecule has 3 aromatic rings. The van der Waals surface area contributed by atoms with Gasteiger partial charge in [-0.2, -0.15) is 0 Å². The number of rotatable bonds is 11. The molecule has 0 saturated heterocycles. The molecule has 0 spiro atoms. The number of esters is 1. The van der Waals surface area contributed by atoms with Gasteiger partial charge in [-0.1, -0.05) is 30.3 Å². The smallest absolute Gasteiger partial charge is 0.303 e. The highest BCUT2D eigenvalue weighted by atomic mass is 35.5. The van der Waals surface area contributed by atoms with Crippen LogP contribution in [0.2, 0.25) is 0 Å². The number of benzene rings is 3. The van der Waals surface area contributed by atoms with Gasteiger partial charge in [0.05, 0.1) is 32.3 Å². The summed E-state index contributed by atoms with van der Waals surface area (Å²) in [6.45, 7) is 4.78. The Morgan fingerprint density at radius 2 is 1.67 bits per heavy atom. The molecule has 0 unspecified atom stereocenters. The van der Waals surface area contributed by atoms with Crippen LogP contribution in [0.25, 0.3) is 0 Å². The van der Waals surface area contributed by atoms with Gasteiger partial charge in [0, 0.05) is 31.0 Å². The van der Waals surface area contributed by atoms with Crippen molar-refractivity contribution in [1.82, 2.24) is 4.90 Å². The van der Waals surface area contributed by atoms with Crippen molar-refractivity contribution in [3.8, 4) is 17.2 Å². The molecule has 0 aliphatic carbocycles. The van der Waals surface area contributed by atoms with Crippen molar-refractivity contribution in [2.45, 2.75) is 42.6 Å². The molecule has 1 aliphatic rings. The Bertz CT molecular complexity index is 1360. The standard InChI is InChI=1S/C32H38N2O6S.ClH/c1-21(20-33(3)18-17-23-11-16-27(38-5)28(19-23)39-6)34-26-9-7-8-10-29(26)41-31(30(32(34)36)40-22(2)35)24-12-14-25(37-4)15-13-24;/h7-16,19,21,30-31H,17-18,20H2,1-6H3;1H/t21-,30-,31+;/m0./s1. The zero-order chi connectivity index (χ0) is 29.5.